The van der Waals surface area contributed by atoms with Crippen LogP contribution < -0.4 is 11.1 Å². The van der Waals surface area contributed by atoms with Crippen molar-refractivity contribution >= 4 is 35.8 Å². The van der Waals surface area contributed by atoms with Crippen molar-refractivity contribution in [2.75, 3.05) is 5.32 Å². The Balaban J connectivity index is 0.00000264. The van der Waals surface area contributed by atoms with Crippen molar-refractivity contribution in [2.45, 2.75) is 36.5 Å². The molecule has 1 unspecified atom stereocenters. The first kappa shape index (κ1) is 19.6. The van der Waals surface area contributed by atoms with Crippen LogP contribution in [0.4, 0.5) is 5.69 Å². The number of anilines is 1. The van der Waals surface area contributed by atoms with Gasteiger partial charge >= 0.3 is 0 Å². The third kappa shape index (κ3) is 6.26. The van der Waals surface area contributed by atoms with Gasteiger partial charge in [-0.2, -0.15) is 0 Å². The first-order chi connectivity index (χ1) is 10.3. The highest BCUT2D eigenvalue weighted by Crippen LogP contribution is 2.32. The molecule has 0 aliphatic heterocycles. The SMILES string of the molecule is CC(C)(C)Sc1ccc(NC(=O)C(N)c2ccccc2)cc1.Cl. The number of thioether (sulfide) groups is 1. The molecule has 1 amide bonds. The number of hydrogen-bond donors (Lipinski definition) is 2. The highest BCUT2D eigenvalue weighted by Gasteiger charge is 2.16. The van der Waals surface area contributed by atoms with Crippen molar-refractivity contribution in [1.29, 1.82) is 0 Å². The zero-order chi connectivity index (χ0) is 16.2. The minimum Gasteiger partial charge on any atom is -0.324 e. The fourth-order valence-corrected chi connectivity index (χ4v) is 2.97. The van der Waals surface area contributed by atoms with Gasteiger partial charge in [0, 0.05) is 15.3 Å². The van der Waals surface area contributed by atoms with Crippen LogP contribution in [0.15, 0.2) is 59.5 Å². The lowest BCUT2D eigenvalue weighted by molar-refractivity contribution is -0.117. The molecule has 124 valence electrons. The van der Waals surface area contributed by atoms with Gasteiger partial charge in [-0.3, -0.25) is 4.79 Å². The van der Waals surface area contributed by atoms with E-state index in [0.29, 0.717) is 0 Å². The number of amides is 1. The van der Waals surface area contributed by atoms with E-state index < -0.39 is 6.04 Å². The third-order valence-electron chi connectivity index (χ3n) is 2.99. The molecule has 2 rings (SSSR count). The van der Waals surface area contributed by atoms with Gasteiger partial charge in [0.25, 0.3) is 0 Å². The van der Waals surface area contributed by atoms with Gasteiger partial charge in [0.15, 0.2) is 0 Å². The van der Waals surface area contributed by atoms with Gasteiger partial charge in [-0.05, 0) is 29.8 Å². The first-order valence-corrected chi connectivity index (χ1v) is 8.07. The van der Waals surface area contributed by atoms with Crippen molar-refractivity contribution < 1.29 is 4.79 Å². The smallest absolute Gasteiger partial charge is 0.245 e. The van der Waals surface area contributed by atoms with Gasteiger partial charge in [0.2, 0.25) is 5.91 Å². The molecule has 0 fully saturated rings. The minimum absolute atomic E-state index is 0. The average molecular weight is 351 g/mol. The van der Waals surface area contributed by atoms with Crippen LogP contribution in [0.3, 0.4) is 0 Å². The van der Waals surface area contributed by atoms with Crippen LogP contribution in [0.2, 0.25) is 0 Å². The molecule has 0 aromatic heterocycles. The molecule has 0 saturated carbocycles. The molecule has 0 bridgehead atoms. The maximum Gasteiger partial charge on any atom is 0.245 e. The van der Waals surface area contributed by atoms with E-state index in [-0.39, 0.29) is 23.1 Å². The summed E-state index contributed by atoms with van der Waals surface area (Å²) in [5.74, 6) is -0.206. The lowest BCUT2D eigenvalue weighted by Crippen LogP contribution is -2.27. The molecule has 0 spiro atoms. The Bertz CT molecular complexity index is 624. The topological polar surface area (TPSA) is 55.1 Å². The highest BCUT2D eigenvalue weighted by atomic mass is 35.5. The second kappa shape index (κ2) is 8.39. The summed E-state index contributed by atoms with van der Waals surface area (Å²) in [6, 6.07) is 16.5. The molecule has 0 heterocycles. The average Bonchev–Trinajstić information content (AvgIpc) is 2.48. The Morgan fingerprint density at radius 1 is 1.04 bits per heavy atom. The quantitative estimate of drug-likeness (QED) is 0.790. The summed E-state index contributed by atoms with van der Waals surface area (Å²) >= 11 is 1.79. The van der Waals surface area contributed by atoms with Gasteiger partial charge in [0.1, 0.15) is 6.04 Å². The Kier molecular flexibility index (Phi) is 7.13. The molecule has 0 aliphatic rings. The van der Waals surface area contributed by atoms with E-state index in [2.05, 4.69) is 26.1 Å². The summed E-state index contributed by atoms with van der Waals surface area (Å²) in [6.07, 6.45) is 0. The molecule has 2 aromatic carbocycles. The number of halogens is 1. The lowest BCUT2D eigenvalue weighted by Gasteiger charge is -2.18. The fourth-order valence-electron chi connectivity index (χ4n) is 1.99. The molecule has 3 nitrogen and oxygen atoms in total. The molecular formula is C18H23ClN2OS. The molecule has 0 saturated heterocycles. The summed E-state index contributed by atoms with van der Waals surface area (Å²) in [5, 5.41) is 2.86. The largest absolute Gasteiger partial charge is 0.324 e. The number of nitrogens with two attached hydrogens (primary N) is 1. The molecule has 0 radical (unpaired) electrons. The van der Waals surface area contributed by atoms with Crippen molar-refractivity contribution in [3.63, 3.8) is 0 Å². The van der Waals surface area contributed by atoms with Crippen molar-refractivity contribution in [1.82, 2.24) is 0 Å². The maximum atomic E-state index is 12.2. The number of benzene rings is 2. The Hall–Kier alpha value is -1.49. The Morgan fingerprint density at radius 2 is 1.61 bits per heavy atom. The van der Waals surface area contributed by atoms with E-state index in [4.69, 9.17) is 5.73 Å². The summed E-state index contributed by atoms with van der Waals surface area (Å²) in [6.45, 7) is 6.52. The van der Waals surface area contributed by atoms with Gasteiger partial charge in [0.05, 0.1) is 0 Å². The number of nitrogens with one attached hydrogen (secondary N) is 1. The summed E-state index contributed by atoms with van der Waals surface area (Å²) in [4.78, 5) is 13.4. The van der Waals surface area contributed by atoms with Gasteiger partial charge in [-0.25, -0.2) is 0 Å². The second-order valence-electron chi connectivity index (χ2n) is 6.12. The van der Waals surface area contributed by atoms with E-state index in [0.717, 1.165) is 11.3 Å². The van der Waals surface area contributed by atoms with Crippen molar-refractivity contribution in [3.8, 4) is 0 Å². The number of carbonyl (C=O) groups excluding carboxylic acids is 1. The monoisotopic (exact) mass is 350 g/mol. The number of rotatable bonds is 4. The standard InChI is InChI=1S/C18H22N2OS.ClH/c1-18(2,3)22-15-11-9-14(10-12-15)20-17(21)16(19)13-7-5-4-6-8-13;/h4-12,16H,19H2,1-3H3,(H,20,21);1H. The lowest BCUT2D eigenvalue weighted by atomic mass is 10.1. The molecule has 23 heavy (non-hydrogen) atoms. The van der Waals surface area contributed by atoms with E-state index in [1.54, 1.807) is 11.8 Å². The number of carbonyl (C=O) groups is 1. The zero-order valence-corrected chi connectivity index (χ0v) is 15.2. The molecule has 2 aromatic rings. The van der Waals surface area contributed by atoms with Crippen molar-refractivity contribution in [2.24, 2.45) is 5.73 Å². The third-order valence-corrected chi connectivity index (χ3v) is 4.11. The minimum atomic E-state index is -0.662. The molecule has 5 heteroatoms. The van der Waals surface area contributed by atoms with Crippen LogP contribution in [0, 0.1) is 0 Å². The van der Waals surface area contributed by atoms with E-state index in [1.165, 1.54) is 4.90 Å². The van der Waals surface area contributed by atoms with E-state index in [1.807, 2.05) is 54.6 Å². The van der Waals surface area contributed by atoms with Gasteiger partial charge in [-0.15, -0.1) is 24.2 Å². The van der Waals surface area contributed by atoms with Crippen LogP contribution in [-0.4, -0.2) is 10.7 Å². The van der Waals surface area contributed by atoms with Crippen LogP contribution >= 0.6 is 24.2 Å². The molecule has 1 atom stereocenters. The van der Waals surface area contributed by atoms with Gasteiger partial charge < -0.3 is 11.1 Å². The van der Waals surface area contributed by atoms with Crippen LogP contribution in [0.25, 0.3) is 0 Å². The maximum absolute atomic E-state index is 12.2. The Labute approximate surface area is 148 Å². The zero-order valence-electron chi connectivity index (χ0n) is 13.6. The van der Waals surface area contributed by atoms with E-state index in [9.17, 15) is 4.79 Å². The predicted molar refractivity (Wildman–Crippen MR) is 101 cm³/mol. The summed E-state index contributed by atoms with van der Waals surface area (Å²) < 4.78 is 0.167. The normalized spacial score (nSPS) is 12.2. The highest BCUT2D eigenvalue weighted by molar-refractivity contribution is 8.00. The molecule has 3 N–H and O–H groups in total. The fraction of sp³-hybridized carbons (Fsp3) is 0.278. The second-order valence-corrected chi connectivity index (χ2v) is 8.02. The summed E-state index contributed by atoms with van der Waals surface area (Å²) in [7, 11) is 0. The van der Waals surface area contributed by atoms with Crippen LogP contribution in [0.5, 0.6) is 0 Å². The Morgan fingerprint density at radius 3 is 2.13 bits per heavy atom. The van der Waals surface area contributed by atoms with Crippen molar-refractivity contribution in [3.05, 3.63) is 60.2 Å². The molecule has 0 aliphatic carbocycles. The van der Waals surface area contributed by atoms with Gasteiger partial charge in [-0.1, -0.05) is 51.1 Å². The molecular weight excluding hydrogens is 328 g/mol. The number of hydrogen-bond acceptors (Lipinski definition) is 3. The first-order valence-electron chi connectivity index (χ1n) is 7.26. The van der Waals surface area contributed by atoms with Crippen LogP contribution in [-0.2, 0) is 4.79 Å². The van der Waals surface area contributed by atoms with Crippen LogP contribution in [0.1, 0.15) is 32.4 Å². The predicted octanol–water partition coefficient (Wildman–Crippen LogP) is 4.64. The van der Waals surface area contributed by atoms with E-state index >= 15 is 0 Å². The summed E-state index contributed by atoms with van der Waals surface area (Å²) in [5.41, 5.74) is 7.55.